The molecule has 0 aromatic heterocycles. The number of nitrogens with zero attached hydrogens (tertiary/aromatic N) is 1. The highest BCUT2D eigenvalue weighted by atomic mass is 16.2. The minimum atomic E-state index is -0.324. The second-order valence-corrected chi connectivity index (χ2v) is 2.86. The number of amides is 2. The highest BCUT2D eigenvalue weighted by Gasteiger charge is 2.00. The fourth-order valence-corrected chi connectivity index (χ4v) is 1.03. The van der Waals surface area contributed by atoms with Gasteiger partial charge in [0.25, 0.3) is 0 Å². The van der Waals surface area contributed by atoms with Gasteiger partial charge in [-0.3, -0.25) is 0 Å². The van der Waals surface area contributed by atoms with Gasteiger partial charge in [0.1, 0.15) is 0 Å². The molecule has 0 aliphatic rings. The van der Waals surface area contributed by atoms with Crippen molar-refractivity contribution in [1.82, 2.24) is 5.32 Å². The van der Waals surface area contributed by atoms with E-state index >= 15 is 0 Å². The molecule has 1 aromatic rings. The lowest BCUT2D eigenvalue weighted by Crippen LogP contribution is -2.32. The molecule has 0 radical (unpaired) electrons. The first-order chi connectivity index (χ1) is 7.26. The number of urea groups is 1. The van der Waals surface area contributed by atoms with Gasteiger partial charge >= 0.3 is 6.03 Å². The smallest absolute Gasteiger partial charge is 0.319 e. The van der Waals surface area contributed by atoms with Crippen LogP contribution >= 0.6 is 0 Å². The minimum Gasteiger partial charge on any atom is -0.337 e. The second-order valence-electron chi connectivity index (χ2n) is 2.86. The van der Waals surface area contributed by atoms with Crippen LogP contribution in [0.4, 0.5) is 10.5 Å². The number of nitrogens with one attached hydrogen (secondary N) is 2. The van der Waals surface area contributed by atoms with E-state index in [-0.39, 0.29) is 6.03 Å². The summed E-state index contributed by atoms with van der Waals surface area (Å²) in [6.07, 6.45) is 0. The zero-order valence-electron chi connectivity index (χ0n) is 8.16. The van der Waals surface area contributed by atoms with Crippen LogP contribution in [0.3, 0.4) is 0 Å². The van der Waals surface area contributed by atoms with Crippen molar-refractivity contribution in [2.45, 2.75) is 0 Å². The number of benzene rings is 1. The van der Waals surface area contributed by atoms with E-state index in [1.807, 2.05) is 6.07 Å². The molecule has 5 nitrogen and oxygen atoms in total. The Bertz CT molecular complexity index is 383. The van der Waals surface area contributed by atoms with Crippen molar-refractivity contribution in [3.05, 3.63) is 29.8 Å². The van der Waals surface area contributed by atoms with Crippen LogP contribution in [0, 0.1) is 11.3 Å². The molecule has 78 valence electrons. The van der Waals surface area contributed by atoms with E-state index in [9.17, 15) is 4.79 Å². The average molecular weight is 204 g/mol. The summed E-state index contributed by atoms with van der Waals surface area (Å²) in [7, 11) is 0. The monoisotopic (exact) mass is 204 g/mol. The molecule has 0 atom stereocenters. The maximum atomic E-state index is 11.2. The molecule has 2 amide bonds. The quantitative estimate of drug-likeness (QED) is 0.674. The normalized spacial score (nSPS) is 9.07. The third-order valence-electron chi connectivity index (χ3n) is 1.68. The van der Waals surface area contributed by atoms with Gasteiger partial charge in [-0.25, -0.2) is 4.79 Å². The zero-order valence-corrected chi connectivity index (χ0v) is 8.16. The number of rotatable bonds is 3. The fourth-order valence-electron chi connectivity index (χ4n) is 1.03. The van der Waals surface area contributed by atoms with Crippen LogP contribution in [0.15, 0.2) is 24.3 Å². The predicted octanol–water partition coefficient (Wildman–Crippen LogP) is 0.638. The van der Waals surface area contributed by atoms with E-state index in [1.54, 1.807) is 24.3 Å². The summed E-state index contributed by atoms with van der Waals surface area (Å²) in [4.78, 5) is 11.2. The predicted molar refractivity (Wildman–Crippen MR) is 57.2 cm³/mol. The lowest BCUT2D eigenvalue weighted by Gasteiger charge is -2.06. The molecule has 0 saturated heterocycles. The standard InChI is InChI=1S/C10H12N4O/c11-4-5-13-10(15)14-9-3-1-2-8(6-9)7-12/h1-3,6H,4-5,11H2,(H2,13,14,15). The van der Waals surface area contributed by atoms with Crippen LogP contribution in [0.5, 0.6) is 0 Å². The van der Waals surface area contributed by atoms with Crippen LogP contribution in [0.1, 0.15) is 5.56 Å². The molecule has 4 N–H and O–H groups in total. The van der Waals surface area contributed by atoms with Gasteiger partial charge in [-0.05, 0) is 18.2 Å². The van der Waals surface area contributed by atoms with E-state index in [0.29, 0.717) is 24.3 Å². The molecular formula is C10H12N4O. The van der Waals surface area contributed by atoms with Crippen LogP contribution in [-0.4, -0.2) is 19.1 Å². The molecule has 0 bridgehead atoms. The third kappa shape index (κ3) is 3.67. The summed E-state index contributed by atoms with van der Waals surface area (Å²) < 4.78 is 0. The second kappa shape index (κ2) is 5.62. The molecular weight excluding hydrogens is 192 g/mol. The topological polar surface area (TPSA) is 90.9 Å². The first-order valence-corrected chi connectivity index (χ1v) is 4.51. The van der Waals surface area contributed by atoms with Crippen LogP contribution in [0.2, 0.25) is 0 Å². The summed E-state index contributed by atoms with van der Waals surface area (Å²) >= 11 is 0. The summed E-state index contributed by atoms with van der Waals surface area (Å²) in [5.74, 6) is 0. The summed E-state index contributed by atoms with van der Waals surface area (Å²) in [5, 5.41) is 13.8. The Balaban J connectivity index is 2.57. The first-order valence-electron chi connectivity index (χ1n) is 4.51. The number of anilines is 1. The first kappa shape index (κ1) is 11.0. The molecule has 0 unspecified atom stereocenters. The van der Waals surface area contributed by atoms with E-state index in [4.69, 9.17) is 11.0 Å². The van der Waals surface area contributed by atoms with Gasteiger partial charge in [-0.2, -0.15) is 5.26 Å². The van der Waals surface area contributed by atoms with E-state index < -0.39 is 0 Å². The Morgan fingerprint density at radius 1 is 1.53 bits per heavy atom. The van der Waals surface area contributed by atoms with Gasteiger partial charge in [-0.15, -0.1) is 0 Å². The molecule has 0 aliphatic carbocycles. The SMILES string of the molecule is N#Cc1cccc(NC(=O)NCCN)c1. The maximum Gasteiger partial charge on any atom is 0.319 e. The lowest BCUT2D eigenvalue weighted by molar-refractivity contribution is 0.252. The van der Waals surface area contributed by atoms with Crippen molar-refractivity contribution < 1.29 is 4.79 Å². The number of carbonyl (C=O) groups is 1. The lowest BCUT2D eigenvalue weighted by atomic mass is 10.2. The summed E-state index contributed by atoms with van der Waals surface area (Å²) in [6, 6.07) is 8.35. The van der Waals surface area contributed by atoms with Crippen molar-refractivity contribution in [3.63, 3.8) is 0 Å². The van der Waals surface area contributed by atoms with Gasteiger partial charge < -0.3 is 16.4 Å². The maximum absolute atomic E-state index is 11.2. The number of nitrogens with two attached hydrogens (primary N) is 1. The molecule has 0 fully saturated rings. The molecule has 15 heavy (non-hydrogen) atoms. The number of hydrogen-bond donors (Lipinski definition) is 3. The van der Waals surface area contributed by atoms with Crippen molar-refractivity contribution in [1.29, 1.82) is 5.26 Å². The molecule has 1 aromatic carbocycles. The van der Waals surface area contributed by atoms with Crippen LogP contribution in [0.25, 0.3) is 0 Å². The van der Waals surface area contributed by atoms with Crippen molar-refractivity contribution in [2.75, 3.05) is 18.4 Å². The van der Waals surface area contributed by atoms with Crippen LogP contribution < -0.4 is 16.4 Å². The minimum absolute atomic E-state index is 0.324. The molecule has 1 rings (SSSR count). The molecule has 5 heteroatoms. The van der Waals surface area contributed by atoms with Gasteiger partial charge in [0.2, 0.25) is 0 Å². The van der Waals surface area contributed by atoms with E-state index in [1.165, 1.54) is 0 Å². The fraction of sp³-hybridized carbons (Fsp3) is 0.200. The Morgan fingerprint density at radius 3 is 3.00 bits per heavy atom. The van der Waals surface area contributed by atoms with Crippen molar-refractivity contribution in [2.24, 2.45) is 5.73 Å². The highest BCUT2D eigenvalue weighted by Crippen LogP contribution is 2.08. The Kier molecular flexibility index (Phi) is 4.13. The van der Waals surface area contributed by atoms with E-state index in [2.05, 4.69) is 10.6 Å². The summed E-state index contributed by atoms with van der Waals surface area (Å²) in [5.41, 5.74) is 6.32. The Labute approximate surface area is 87.9 Å². The van der Waals surface area contributed by atoms with Gasteiger partial charge in [0, 0.05) is 18.8 Å². The zero-order chi connectivity index (χ0) is 11.1. The van der Waals surface area contributed by atoms with E-state index in [0.717, 1.165) is 0 Å². The largest absolute Gasteiger partial charge is 0.337 e. The van der Waals surface area contributed by atoms with Gasteiger partial charge in [0.15, 0.2) is 0 Å². The Morgan fingerprint density at radius 2 is 2.33 bits per heavy atom. The number of nitriles is 1. The van der Waals surface area contributed by atoms with Gasteiger partial charge in [-0.1, -0.05) is 6.07 Å². The molecule has 0 saturated carbocycles. The molecule has 0 spiro atoms. The molecule has 0 heterocycles. The van der Waals surface area contributed by atoms with Crippen molar-refractivity contribution in [3.8, 4) is 6.07 Å². The van der Waals surface area contributed by atoms with Crippen molar-refractivity contribution >= 4 is 11.7 Å². The van der Waals surface area contributed by atoms with Gasteiger partial charge in [0.05, 0.1) is 11.6 Å². The third-order valence-corrected chi connectivity index (χ3v) is 1.68. The highest BCUT2D eigenvalue weighted by molar-refractivity contribution is 5.89. The average Bonchev–Trinajstić information content (AvgIpc) is 2.26. The van der Waals surface area contributed by atoms with Crippen LogP contribution in [-0.2, 0) is 0 Å². The Hall–Kier alpha value is -2.06. The molecule has 0 aliphatic heterocycles. The number of carbonyl (C=O) groups excluding carboxylic acids is 1. The number of hydrogen-bond acceptors (Lipinski definition) is 3. The summed E-state index contributed by atoms with van der Waals surface area (Å²) in [6.45, 7) is 0.815.